The highest BCUT2D eigenvalue weighted by Crippen LogP contribution is 2.37. The lowest BCUT2D eigenvalue weighted by molar-refractivity contribution is -0.119. The van der Waals surface area contributed by atoms with E-state index in [9.17, 15) is 9.59 Å². The third-order valence-electron chi connectivity index (χ3n) is 4.57. The van der Waals surface area contributed by atoms with Gasteiger partial charge in [0.25, 0.3) is 5.91 Å². The van der Waals surface area contributed by atoms with Crippen LogP contribution < -0.4 is 5.32 Å². The summed E-state index contributed by atoms with van der Waals surface area (Å²) >= 11 is 0. The van der Waals surface area contributed by atoms with Crippen molar-refractivity contribution in [3.8, 4) is 0 Å². The second-order valence-electron chi connectivity index (χ2n) is 6.65. The minimum Gasteiger partial charge on any atom is -0.339 e. The number of anilines is 1. The molecule has 1 aromatic carbocycles. The molecule has 1 atom stereocenters. The van der Waals surface area contributed by atoms with Crippen molar-refractivity contribution in [2.45, 2.75) is 46.6 Å². The first-order chi connectivity index (χ1) is 10.3. The third kappa shape index (κ3) is 3.67. The molecule has 1 aliphatic carbocycles. The van der Waals surface area contributed by atoms with E-state index in [4.69, 9.17) is 0 Å². The van der Waals surface area contributed by atoms with E-state index in [0.29, 0.717) is 17.2 Å². The van der Waals surface area contributed by atoms with Gasteiger partial charge in [0.1, 0.15) is 0 Å². The first-order valence-corrected chi connectivity index (χ1v) is 8.00. The van der Waals surface area contributed by atoms with Crippen LogP contribution in [0.4, 0.5) is 5.69 Å². The Labute approximate surface area is 132 Å². The molecule has 2 amide bonds. The molecule has 0 aromatic heterocycles. The lowest BCUT2D eigenvalue weighted by Crippen LogP contribution is -2.33. The molecule has 0 bridgehead atoms. The first-order valence-electron chi connectivity index (χ1n) is 8.00. The summed E-state index contributed by atoms with van der Waals surface area (Å²) in [5.41, 5.74) is 2.27. The molecular weight excluding hydrogens is 276 g/mol. The van der Waals surface area contributed by atoms with E-state index in [1.807, 2.05) is 39.8 Å². The Morgan fingerprint density at radius 1 is 1.23 bits per heavy atom. The predicted molar refractivity (Wildman–Crippen MR) is 88.9 cm³/mol. The molecule has 1 saturated carbocycles. The van der Waals surface area contributed by atoms with Gasteiger partial charge in [-0.05, 0) is 57.2 Å². The number of nitrogens with zero attached hydrogens (tertiary/aromatic N) is 1. The predicted octanol–water partition coefficient (Wildman–Crippen LogP) is 3.46. The largest absolute Gasteiger partial charge is 0.339 e. The van der Waals surface area contributed by atoms with Gasteiger partial charge in [-0.15, -0.1) is 0 Å². The second-order valence-corrected chi connectivity index (χ2v) is 6.65. The Bertz CT molecular complexity index is 576. The molecule has 1 aliphatic rings. The summed E-state index contributed by atoms with van der Waals surface area (Å²) in [5, 5.41) is 2.94. The van der Waals surface area contributed by atoms with Crippen molar-refractivity contribution >= 4 is 17.5 Å². The van der Waals surface area contributed by atoms with Gasteiger partial charge in [0.2, 0.25) is 5.91 Å². The fourth-order valence-corrected chi connectivity index (χ4v) is 2.42. The van der Waals surface area contributed by atoms with Crippen LogP contribution in [0.2, 0.25) is 0 Å². The lowest BCUT2D eigenvalue weighted by atomic mass is 10.0. The fourth-order valence-electron chi connectivity index (χ4n) is 2.42. The van der Waals surface area contributed by atoms with Gasteiger partial charge in [0.05, 0.1) is 0 Å². The molecule has 0 aliphatic heterocycles. The van der Waals surface area contributed by atoms with Crippen molar-refractivity contribution in [3.05, 3.63) is 29.3 Å². The maximum absolute atomic E-state index is 12.5. The van der Waals surface area contributed by atoms with Crippen LogP contribution in [0.1, 0.15) is 49.5 Å². The number of aryl methyl sites for hydroxylation is 1. The number of amides is 2. The Balaban J connectivity index is 2.15. The quantitative estimate of drug-likeness (QED) is 0.905. The van der Waals surface area contributed by atoms with E-state index in [1.165, 1.54) is 0 Å². The van der Waals surface area contributed by atoms with E-state index in [1.54, 1.807) is 18.0 Å². The van der Waals surface area contributed by atoms with Crippen LogP contribution in [0.5, 0.6) is 0 Å². The number of rotatable bonds is 5. The summed E-state index contributed by atoms with van der Waals surface area (Å²) in [6.45, 7) is 7.85. The van der Waals surface area contributed by atoms with E-state index in [0.717, 1.165) is 18.4 Å². The molecule has 4 heteroatoms. The Morgan fingerprint density at radius 3 is 2.41 bits per heavy atom. The van der Waals surface area contributed by atoms with Gasteiger partial charge < -0.3 is 10.2 Å². The molecule has 120 valence electrons. The SMILES string of the molecule is Cc1ccc(NC(=O)[C@@H](C)C2CC2)cc1C(=O)N(C)C(C)C. The topological polar surface area (TPSA) is 49.4 Å². The van der Waals surface area contributed by atoms with Crippen molar-refractivity contribution in [1.82, 2.24) is 4.90 Å². The van der Waals surface area contributed by atoms with Crippen LogP contribution in [-0.4, -0.2) is 29.8 Å². The number of nitrogens with one attached hydrogen (secondary N) is 1. The van der Waals surface area contributed by atoms with Gasteiger partial charge in [0.15, 0.2) is 0 Å². The summed E-state index contributed by atoms with van der Waals surface area (Å²) in [5.74, 6) is 0.596. The molecule has 4 nitrogen and oxygen atoms in total. The van der Waals surface area contributed by atoms with Crippen molar-refractivity contribution in [2.24, 2.45) is 11.8 Å². The van der Waals surface area contributed by atoms with Crippen molar-refractivity contribution in [2.75, 3.05) is 12.4 Å². The minimum absolute atomic E-state index is 0.0150. The zero-order valence-corrected chi connectivity index (χ0v) is 14.1. The molecule has 22 heavy (non-hydrogen) atoms. The monoisotopic (exact) mass is 302 g/mol. The van der Waals surface area contributed by atoms with Crippen LogP contribution in [0, 0.1) is 18.8 Å². The molecule has 0 saturated heterocycles. The van der Waals surface area contributed by atoms with E-state index >= 15 is 0 Å². The van der Waals surface area contributed by atoms with Crippen LogP contribution in [0.25, 0.3) is 0 Å². The zero-order chi connectivity index (χ0) is 16.4. The summed E-state index contributed by atoms with van der Waals surface area (Å²) in [6, 6.07) is 5.67. The second kappa shape index (κ2) is 6.51. The molecule has 2 rings (SSSR count). The smallest absolute Gasteiger partial charge is 0.254 e. The molecular formula is C18H26N2O2. The highest BCUT2D eigenvalue weighted by Gasteiger charge is 2.32. The number of carbonyl (C=O) groups is 2. The number of hydrogen-bond acceptors (Lipinski definition) is 2. The Hall–Kier alpha value is -1.84. The first kappa shape index (κ1) is 16.5. The Kier molecular flexibility index (Phi) is 4.89. The summed E-state index contributed by atoms with van der Waals surface area (Å²) in [6.07, 6.45) is 2.29. The van der Waals surface area contributed by atoms with Crippen molar-refractivity contribution < 1.29 is 9.59 Å². The summed E-state index contributed by atoms with van der Waals surface area (Å²) in [7, 11) is 1.80. The molecule has 0 heterocycles. The van der Waals surface area contributed by atoms with Crippen LogP contribution >= 0.6 is 0 Å². The van der Waals surface area contributed by atoms with Crippen molar-refractivity contribution in [3.63, 3.8) is 0 Å². The van der Waals surface area contributed by atoms with Gasteiger partial charge in [-0.25, -0.2) is 0 Å². The normalized spacial score (nSPS) is 15.5. The Morgan fingerprint density at radius 2 is 1.86 bits per heavy atom. The fraction of sp³-hybridized carbons (Fsp3) is 0.556. The van der Waals surface area contributed by atoms with Crippen LogP contribution in [0.15, 0.2) is 18.2 Å². The van der Waals surface area contributed by atoms with E-state index < -0.39 is 0 Å². The molecule has 0 unspecified atom stereocenters. The van der Waals surface area contributed by atoms with Crippen LogP contribution in [-0.2, 0) is 4.79 Å². The van der Waals surface area contributed by atoms with Gasteiger partial charge >= 0.3 is 0 Å². The molecule has 1 aromatic rings. The maximum atomic E-state index is 12.5. The van der Waals surface area contributed by atoms with Gasteiger partial charge in [-0.3, -0.25) is 9.59 Å². The molecule has 1 fully saturated rings. The number of benzene rings is 1. The molecule has 0 radical (unpaired) electrons. The maximum Gasteiger partial charge on any atom is 0.254 e. The van der Waals surface area contributed by atoms with Crippen LogP contribution in [0.3, 0.4) is 0 Å². The average Bonchev–Trinajstić information content (AvgIpc) is 3.31. The number of carbonyl (C=O) groups excluding carboxylic acids is 2. The zero-order valence-electron chi connectivity index (χ0n) is 14.1. The highest BCUT2D eigenvalue weighted by atomic mass is 16.2. The van der Waals surface area contributed by atoms with E-state index in [-0.39, 0.29) is 23.8 Å². The minimum atomic E-state index is -0.0150. The van der Waals surface area contributed by atoms with E-state index in [2.05, 4.69) is 5.32 Å². The van der Waals surface area contributed by atoms with Crippen molar-refractivity contribution in [1.29, 1.82) is 0 Å². The summed E-state index contributed by atoms with van der Waals surface area (Å²) in [4.78, 5) is 26.4. The van der Waals surface area contributed by atoms with Gasteiger partial charge in [-0.2, -0.15) is 0 Å². The standard InChI is InChI=1S/C18H26N2O2/c1-11(2)20(5)18(22)16-10-15(9-6-12(16)3)19-17(21)13(4)14-7-8-14/h6,9-11,13-14H,7-8H2,1-5H3,(H,19,21)/t13-/m0/s1. The molecule has 0 spiro atoms. The third-order valence-corrected chi connectivity index (χ3v) is 4.57. The number of hydrogen-bond donors (Lipinski definition) is 1. The van der Waals surface area contributed by atoms with Gasteiger partial charge in [-0.1, -0.05) is 13.0 Å². The lowest BCUT2D eigenvalue weighted by Gasteiger charge is -2.23. The van der Waals surface area contributed by atoms with Gasteiger partial charge in [0, 0.05) is 30.3 Å². The molecule has 1 N–H and O–H groups in total. The highest BCUT2D eigenvalue weighted by molar-refractivity contribution is 5.98. The summed E-state index contributed by atoms with van der Waals surface area (Å²) < 4.78 is 0. The average molecular weight is 302 g/mol.